The first-order chi connectivity index (χ1) is 16.0. The number of benzene rings is 2. The molecule has 0 bridgehead atoms. The standard InChI is InChI=1S/C23H19ClN6O2S/c1-15(19-4-2-3-5-20(19)31)26-27-21(32)14-33-23-29-28-22(16-10-12-25-13-11-16)30(23)18-8-6-17(24)7-9-18/h2-13,31H,14H2,1H3,(H,27,32)/b26-15-. The highest BCUT2D eigenvalue weighted by molar-refractivity contribution is 7.99. The van der Waals surface area contributed by atoms with Gasteiger partial charge in [0.2, 0.25) is 0 Å². The Morgan fingerprint density at radius 1 is 1.09 bits per heavy atom. The van der Waals surface area contributed by atoms with Crippen molar-refractivity contribution in [3.63, 3.8) is 0 Å². The van der Waals surface area contributed by atoms with E-state index in [2.05, 4.69) is 25.7 Å². The van der Waals surface area contributed by atoms with Crippen LogP contribution in [0.4, 0.5) is 0 Å². The summed E-state index contributed by atoms with van der Waals surface area (Å²) in [5, 5.41) is 23.8. The number of hydrogen-bond acceptors (Lipinski definition) is 7. The molecule has 10 heteroatoms. The van der Waals surface area contributed by atoms with Crippen LogP contribution in [0.25, 0.3) is 17.1 Å². The van der Waals surface area contributed by atoms with E-state index in [1.807, 2.05) is 28.8 Å². The Kier molecular flexibility index (Phi) is 7.01. The zero-order valence-electron chi connectivity index (χ0n) is 17.5. The number of rotatable bonds is 7. The predicted molar refractivity (Wildman–Crippen MR) is 129 cm³/mol. The number of nitrogens with zero attached hydrogens (tertiary/aromatic N) is 5. The lowest BCUT2D eigenvalue weighted by Gasteiger charge is -2.10. The number of aromatic nitrogens is 4. The van der Waals surface area contributed by atoms with Crippen LogP contribution >= 0.6 is 23.4 Å². The van der Waals surface area contributed by atoms with Crippen molar-refractivity contribution < 1.29 is 9.90 Å². The van der Waals surface area contributed by atoms with Gasteiger partial charge in [0.05, 0.1) is 11.5 Å². The number of para-hydroxylation sites is 1. The van der Waals surface area contributed by atoms with Gasteiger partial charge in [0.25, 0.3) is 5.91 Å². The first-order valence-corrected chi connectivity index (χ1v) is 11.3. The Balaban J connectivity index is 1.53. The van der Waals surface area contributed by atoms with Crippen molar-refractivity contribution in [2.24, 2.45) is 5.10 Å². The summed E-state index contributed by atoms with van der Waals surface area (Å²) in [6, 6.07) is 17.8. The minimum atomic E-state index is -0.314. The third kappa shape index (κ3) is 5.39. The second-order valence-corrected chi connectivity index (χ2v) is 8.27. The van der Waals surface area contributed by atoms with Crippen LogP contribution in [0.3, 0.4) is 0 Å². The van der Waals surface area contributed by atoms with E-state index in [0.717, 1.165) is 11.3 Å². The fourth-order valence-electron chi connectivity index (χ4n) is 3.02. The Labute approximate surface area is 199 Å². The van der Waals surface area contributed by atoms with Gasteiger partial charge in [-0.2, -0.15) is 5.10 Å². The second kappa shape index (κ2) is 10.3. The summed E-state index contributed by atoms with van der Waals surface area (Å²) in [6.45, 7) is 1.71. The van der Waals surface area contributed by atoms with Crippen LogP contribution < -0.4 is 5.43 Å². The Morgan fingerprint density at radius 3 is 2.55 bits per heavy atom. The summed E-state index contributed by atoms with van der Waals surface area (Å²) in [5.74, 6) is 0.476. The average molecular weight is 479 g/mol. The normalized spacial score (nSPS) is 11.4. The van der Waals surface area contributed by atoms with Gasteiger partial charge in [-0.1, -0.05) is 35.5 Å². The fraction of sp³-hybridized carbons (Fsp3) is 0.0870. The quantitative estimate of drug-likeness (QED) is 0.233. The number of amides is 1. The van der Waals surface area contributed by atoms with Crippen molar-refractivity contribution in [2.75, 3.05) is 5.75 Å². The first kappa shape index (κ1) is 22.5. The highest BCUT2D eigenvalue weighted by Gasteiger charge is 2.17. The largest absolute Gasteiger partial charge is 0.507 e. The minimum absolute atomic E-state index is 0.0691. The molecular weight excluding hydrogens is 460 g/mol. The molecule has 0 saturated heterocycles. The van der Waals surface area contributed by atoms with Crippen LogP contribution in [-0.4, -0.2) is 42.2 Å². The van der Waals surface area contributed by atoms with Gasteiger partial charge < -0.3 is 5.11 Å². The Bertz CT molecular complexity index is 1290. The van der Waals surface area contributed by atoms with Crippen LogP contribution in [-0.2, 0) is 4.79 Å². The van der Waals surface area contributed by atoms with Crippen molar-refractivity contribution in [1.82, 2.24) is 25.2 Å². The van der Waals surface area contributed by atoms with E-state index in [1.165, 1.54) is 11.8 Å². The molecule has 0 fully saturated rings. The van der Waals surface area contributed by atoms with Crippen molar-refractivity contribution in [2.45, 2.75) is 12.1 Å². The average Bonchev–Trinajstić information content (AvgIpc) is 3.26. The smallest absolute Gasteiger partial charge is 0.250 e. The van der Waals surface area contributed by atoms with Crippen molar-refractivity contribution >= 4 is 35.0 Å². The molecule has 0 aliphatic carbocycles. The van der Waals surface area contributed by atoms with Gasteiger partial charge in [0, 0.05) is 34.2 Å². The lowest BCUT2D eigenvalue weighted by molar-refractivity contribution is -0.118. The maximum absolute atomic E-state index is 12.4. The lowest BCUT2D eigenvalue weighted by Crippen LogP contribution is -2.21. The predicted octanol–water partition coefficient (Wildman–Crippen LogP) is 4.32. The van der Waals surface area contributed by atoms with E-state index in [0.29, 0.717) is 27.3 Å². The van der Waals surface area contributed by atoms with Gasteiger partial charge >= 0.3 is 0 Å². The molecule has 0 aliphatic heterocycles. The molecular formula is C23H19ClN6O2S. The molecule has 8 nitrogen and oxygen atoms in total. The topological polar surface area (TPSA) is 105 Å². The number of hydrazone groups is 1. The molecule has 2 heterocycles. The zero-order valence-corrected chi connectivity index (χ0v) is 19.1. The van der Waals surface area contributed by atoms with Crippen LogP contribution in [0, 0.1) is 0 Å². The van der Waals surface area contributed by atoms with Crippen LogP contribution in [0.1, 0.15) is 12.5 Å². The van der Waals surface area contributed by atoms with E-state index < -0.39 is 0 Å². The zero-order chi connectivity index (χ0) is 23.2. The molecule has 0 radical (unpaired) electrons. The molecule has 4 aromatic rings. The number of pyridine rings is 1. The molecule has 2 aromatic heterocycles. The first-order valence-electron chi connectivity index (χ1n) is 9.89. The maximum atomic E-state index is 12.4. The molecule has 0 unspecified atom stereocenters. The van der Waals surface area contributed by atoms with E-state index in [4.69, 9.17) is 11.6 Å². The number of aromatic hydroxyl groups is 1. The van der Waals surface area contributed by atoms with E-state index in [1.54, 1.807) is 55.7 Å². The Morgan fingerprint density at radius 2 is 1.82 bits per heavy atom. The molecule has 0 spiro atoms. The van der Waals surface area contributed by atoms with Crippen LogP contribution in [0.5, 0.6) is 5.75 Å². The van der Waals surface area contributed by atoms with E-state index in [-0.39, 0.29) is 17.4 Å². The molecule has 1 amide bonds. The molecule has 2 N–H and O–H groups in total. The van der Waals surface area contributed by atoms with Crippen molar-refractivity contribution in [1.29, 1.82) is 0 Å². The number of phenols is 1. The summed E-state index contributed by atoms with van der Waals surface area (Å²) < 4.78 is 1.86. The third-order valence-electron chi connectivity index (χ3n) is 4.63. The minimum Gasteiger partial charge on any atom is -0.507 e. The van der Waals surface area contributed by atoms with Gasteiger partial charge in [-0.05, 0) is 55.5 Å². The van der Waals surface area contributed by atoms with E-state index in [9.17, 15) is 9.90 Å². The number of halogens is 1. The molecule has 4 rings (SSSR count). The van der Waals surface area contributed by atoms with Gasteiger partial charge in [0.15, 0.2) is 11.0 Å². The molecule has 166 valence electrons. The molecule has 33 heavy (non-hydrogen) atoms. The number of carbonyl (C=O) groups is 1. The molecule has 0 saturated carbocycles. The van der Waals surface area contributed by atoms with Gasteiger partial charge in [-0.15, -0.1) is 10.2 Å². The summed E-state index contributed by atoms with van der Waals surface area (Å²) >= 11 is 7.28. The number of phenolic OH excluding ortho intramolecular Hbond substituents is 1. The number of hydrogen-bond donors (Lipinski definition) is 2. The summed E-state index contributed by atoms with van der Waals surface area (Å²) in [5.41, 5.74) is 5.22. The molecule has 0 atom stereocenters. The lowest BCUT2D eigenvalue weighted by atomic mass is 10.1. The highest BCUT2D eigenvalue weighted by Crippen LogP contribution is 2.28. The number of thioether (sulfide) groups is 1. The summed E-state index contributed by atoms with van der Waals surface area (Å²) in [6.07, 6.45) is 3.36. The maximum Gasteiger partial charge on any atom is 0.250 e. The van der Waals surface area contributed by atoms with Gasteiger partial charge in [-0.25, -0.2) is 5.43 Å². The monoisotopic (exact) mass is 478 g/mol. The SMILES string of the molecule is C/C(=N/NC(=O)CSc1nnc(-c2ccncc2)n1-c1ccc(Cl)cc1)c1ccccc1O. The molecule has 2 aromatic carbocycles. The second-order valence-electron chi connectivity index (χ2n) is 6.89. The molecule has 0 aliphatic rings. The van der Waals surface area contributed by atoms with Crippen LogP contribution in [0.15, 0.2) is 83.3 Å². The fourth-order valence-corrected chi connectivity index (χ4v) is 3.89. The summed E-state index contributed by atoms with van der Waals surface area (Å²) in [4.78, 5) is 16.5. The van der Waals surface area contributed by atoms with E-state index >= 15 is 0 Å². The number of nitrogens with one attached hydrogen (secondary N) is 1. The van der Waals surface area contributed by atoms with Crippen LogP contribution in [0.2, 0.25) is 5.02 Å². The van der Waals surface area contributed by atoms with Gasteiger partial charge in [0.1, 0.15) is 5.75 Å². The number of carbonyl (C=O) groups excluding carboxylic acids is 1. The van der Waals surface area contributed by atoms with Crippen molar-refractivity contribution in [3.8, 4) is 22.8 Å². The Hall–Kier alpha value is -3.69. The third-order valence-corrected chi connectivity index (χ3v) is 5.81. The summed E-state index contributed by atoms with van der Waals surface area (Å²) in [7, 11) is 0. The van der Waals surface area contributed by atoms with Crippen molar-refractivity contribution in [3.05, 3.63) is 83.6 Å². The van der Waals surface area contributed by atoms with Gasteiger partial charge in [-0.3, -0.25) is 14.3 Å². The highest BCUT2D eigenvalue weighted by atomic mass is 35.5.